The Labute approximate surface area is 92.2 Å². The highest BCUT2D eigenvalue weighted by atomic mass is 16.5. The molecule has 1 heterocycles. The second-order valence-electron chi connectivity index (χ2n) is 5.25. The molecule has 3 nitrogen and oxygen atoms in total. The lowest BCUT2D eigenvalue weighted by Gasteiger charge is -2.35. The first-order chi connectivity index (χ1) is 7.42. The number of nitrogens with zero attached hydrogens (tertiary/aromatic N) is 1. The Morgan fingerprint density at radius 2 is 2.07 bits per heavy atom. The molecule has 0 bridgehead atoms. The Bertz CT molecular complexity index is 214. The normalized spacial score (nSPS) is 34.0. The van der Waals surface area contributed by atoms with E-state index < -0.39 is 0 Å². The Morgan fingerprint density at radius 3 is 2.73 bits per heavy atom. The lowest BCUT2D eigenvalue weighted by molar-refractivity contribution is -0.0320. The second kappa shape index (κ2) is 4.40. The maximum atomic E-state index is 5.80. The van der Waals surface area contributed by atoms with Crippen LogP contribution in [0.25, 0.3) is 0 Å². The van der Waals surface area contributed by atoms with Gasteiger partial charge in [-0.15, -0.1) is 0 Å². The third-order valence-electron chi connectivity index (χ3n) is 3.97. The largest absolute Gasteiger partial charge is 0.374 e. The van der Waals surface area contributed by atoms with E-state index >= 15 is 0 Å². The van der Waals surface area contributed by atoms with E-state index in [0.29, 0.717) is 6.10 Å². The number of rotatable bonds is 4. The topological polar surface area (TPSA) is 24.5 Å². The summed E-state index contributed by atoms with van der Waals surface area (Å²) in [4.78, 5) is 2.62. The zero-order valence-electron chi connectivity index (χ0n) is 9.45. The minimum absolute atomic E-state index is 0.444. The summed E-state index contributed by atoms with van der Waals surface area (Å²) in [6.45, 7) is 4.32. The summed E-state index contributed by atoms with van der Waals surface area (Å²) >= 11 is 0. The number of ether oxygens (including phenoxy) is 1. The van der Waals surface area contributed by atoms with E-state index in [-0.39, 0.29) is 0 Å². The molecule has 1 unspecified atom stereocenters. The van der Waals surface area contributed by atoms with Crippen molar-refractivity contribution >= 4 is 0 Å². The molecular formula is C12H22N2O. The van der Waals surface area contributed by atoms with Crippen LogP contribution < -0.4 is 5.32 Å². The first kappa shape index (κ1) is 10.1. The Kier molecular flexibility index (Phi) is 2.95. The highest BCUT2D eigenvalue weighted by molar-refractivity contribution is 4.88. The van der Waals surface area contributed by atoms with Crippen molar-refractivity contribution in [1.29, 1.82) is 0 Å². The molecule has 0 aromatic rings. The van der Waals surface area contributed by atoms with Crippen LogP contribution in [-0.4, -0.2) is 49.3 Å². The quantitative estimate of drug-likeness (QED) is 0.749. The maximum Gasteiger partial charge on any atom is 0.0826 e. The van der Waals surface area contributed by atoms with Gasteiger partial charge in [0.2, 0.25) is 0 Å². The minimum Gasteiger partial charge on any atom is -0.374 e. The van der Waals surface area contributed by atoms with E-state index in [1.54, 1.807) is 0 Å². The van der Waals surface area contributed by atoms with Gasteiger partial charge in [-0.3, -0.25) is 4.90 Å². The van der Waals surface area contributed by atoms with Gasteiger partial charge in [0.25, 0.3) is 0 Å². The predicted octanol–water partition coefficient (Wildman–Crippen LogP) is 0.992. The molecule has 3 aliphatic rings. The predicted molar refractivity (Wildman–Crippen MR) is 60.0 cm³/mol. The van der Waals surface area contributed by atoms with E-state index in [1.165, 1.54) is 32.1 Å². The van der Waals surface area contributed by atoms with Crippen molar-refractivity contribution in [3.8, 4) is 0 Å². The average Bonchev–Trinajstić information content (AvgIpc) is 2.99. The standard InChI is InChI=1S/C12H22N2O/c1-2-10(3-1)13-8-12-9-14(6-7-15-12)11-4-5-11/h10-13H,1-9H2. The van der Waals surface area contributed by atoms with Gasteiger partial charge in [0.15, 0.2) is 0 Å². The highest BCUT2D eigenvalue weighted by Gasteiger charge is 2.33. The third-order valence-corrected chi connectivity index (χ3v) is 3.97. The van der Waals surface area contributed by atoms with Gasteiger partial charge in [0, 0.05) is 31.7 Å². The molecule has 3 fully saturated rings. The molecule has 1 atom stereocenters. The van der Waals surface area contributed by atoms with Crippen molar-refractivity contribution in [2.75, 3.05) is 26.2 Å². The molecule has 0 spiro atoms. The van der Waals surface area contributed by atoms with Gasteiger partial charge in [-0.1, -0.05) is 6.42 Å². The number of nitrogens with one attached hydrogen (secondary N) is 1. The van der Waals surface area contributed by atoms with E-state index in [2.05, 4.69) is 10.2 Å². The smallest absolute Gasteiger partial charge is 0.0826 e. The van der Waals surface area contributed by atoms with E-state index in [9.17, 15) is 0 Å². The fraction of sp³-hybridized carbons (Fsp3) is 1.00. The van der Waals surface area contributed by atoms with Gasteiger partial charge in [0.1, 0.15) is 0 Å². The van der Waals surface area contributed by atoms with Crippen molar-refractivity contribution in [2.45, 2.75) is 50.3 Å². The van der Waals surface area contributed by atoms with Crippen molar-refractivity contribution in [2.24, 2.45) is 0 Å². The van der Waals surface area contributed by atoms with Gasteiger partial charge in [-0.2, -0.15) is 0 Å². The summed E-state index contributed by atoms with van der Waals surface area (Å²) in [6.07, 6.45) is 7.45. The molecule has 3 rings (SSSR count). The molecule has 15 heavy (non-hydrogen) atoms. The Hall–Kier alpha value is -0.120. The Morgan fingerprint density at radius 1 is 1.20 bits per heavy atom. The molecule has 3 heteroatoms. The summed E-state index contributed by atoms with van der Waals surface area (Å²) in [5.41, 5.74) is 0. The van der Waals surface area contributed by atoms with Gasteiger partial charge >= 0.3 is 0 Å². The molecule has 0 radical (unpaired) electrons. The van der Waals surface area contributed by atoms with Gasteiger partial charge in [0.05, 0.1) is 12.7 Å². The number of hydrogen-bond acceptors (Lipinski definition) is 3. The van der Waals surface area contributed by atoms with Crippen LogP contribution in [0.2, 0.25) is 0 Å². The van der Waals surface area contributed by atoms with Gasteiger partial charge < -0.3 is 10.1 Å². The molecular weight excluding hydrogens is 188 g/mol. The van der Waals surface area contributed by atoms with E-state index in [4.69, 9.17) is 4.74 Å². The molecule has 1 N–H and O–H groups in total. The fourth-order valence-electron chi connectivity index (χ4n) is 2.55. The second-order valence-corrected chi connectivity index (χ2v) is 5.25. The maximum absolute atomic E-state index is 5.80. The van der Waals surface area contributed by atoms with Gasteiger partial charge in [-0.05, 0) is 25.7 Å². The van der Waals surface area contributed by atoms with Crippen molar-refractivity contribution in [3.05, 3.63) is 0 Å². The summed E-state index contributed by atoms with van der Waals surface area (Å²) in [6, 6.07) is 1.70. The lowest BCUT2D eigenvalue weighted by atomic mass is 9.93. The minimum atomic E-state index is 0.444. The van der Waals surface area contributed by atoms with Gasteiger partial charge in [-0.25, -0.2) is 0 Å². The van der Waals surface area contributed by atoms with Crippen LogP contribution in [0.3, 0.4) is 0 Å². The summed E-state index contributed by atoms with van der Waals surface area (Å²) in [5, 5.41) is 3.62. The first-order valence-corrected chi connectivity index (χ1v) is 6.51. The molecule has 2 saturated carbocycles. The molecule has 2 aliphatic carbocycles. The Balaban J connectivity index is 1.40. The van der Waals surface area contributed by atoms with E-state index in [1.807, 2.05) is 0 Å². The number of hydrogen-bond donors (Lipinski definition) is 1. The molecule has 0 amide bonds. The van der Waals surface area contributed by atoms with Crippen LogP contribution >= 0.6 is 0 Å². The molecule has 1 aliphatic heterocycles. The highest BCUT2D eigenvalue weighted by Crippen LogP contribution is 2.28. The van der Waals surface area contributed by atoms with Crippen molar-refractivity contribution in [1.82, 2.24) is 10.2 Å². The van der Waals surface area contributed by atoms with Crippen molar-refractivity contribution in [3.63, 3.8) is 0 Å². The third kappa shape index (κ3) is 2.52. The molecule has 0 aromatic carbocycles. The SMILES string of the molecule is C1CC(NCC2CN(C3CC3)CCO2)C1. The summed E-state index contributed by atoms with van der Waals surface area (Å²) in [7, 11) is 0. The van der Waals surface area contributed by atoms with Crippen LogP contribution in [-0.2, 0) is 4.74 Å². The zero-order chi connectivity index (χ0) is 10.1. The lowest BCUT2D eigenvalue weighted by Crippen LogP contribution is -2.49. The van der Waals surface area contributed by atoms with Crippen LogP contribution in [0.5, 0.6) is 0 Å². The average molecular weight is 210 g/mol. The molecule has 1 saturated heterocycles. The van der Waals surface area contributed by atoms with Crippen LogP contribution in [0.15, 0.2) is 0 Å². The van der Waals surface area contributed by atoms with Crippen LogP contribution in [0, 0.1) is 0 Å². The molecule has 0 aromatic heterocycles. The zero-order valence-corrected chi connectivity index (χ0v) is 9.45. The first-order valence-electron chi connectivity index (χ1n) is 6.51. The van der Waals surface area contributed by atoms with Crippen LogP contribution in [0.1, 0.15) is 32.1 Å². The monoisotopic (exact) mass is 210 g/mol. The molecule has 86 valence electrons. The van der Waals surface area contributed by atoms with Crippen molar-refractivity contribution < 1.29 is 4.74 Å². The number of morpholine rings is 1. The summed E-state index contributed by atoms with van der Waals surface area (Å²) in [5.74, 6) is 0. The van der Waals surface area contributed by atoms with E-state index in [0.717, 1.165) is 38.3 Å². The summed E-state index contributed by atoms with van der Waals surface area (Å²) < 4.78 is 5.80. The fourth-order valence-corrected chi connectivity index (χ4v) is 2.55. The van der Waals surface area contributed by atoms with Crippen LogP contribution in [0.4, 0.5) is 0 Å².